The first-order valence-electron chi connectivity index (χ1n) is 3.87. The molecule has 3 rings (SSSR count). The summed E-state index contributed by atoms with van der Waals surface area (Å²) < 4.78 is -0.911. The van der Waals surface area contributed by atoms with Crippen molar-refractivity contribution < 1.29 is 14.4 Å². The molecule has 0 aliphatic carbocycles. The van der Waals surface area contributed by atoms with Crippen LogP contribution in [0.1, 0.15) is 0 Å². The van der Waals surface area contributed by atoms with Gasteiger partial charge in [-0.05, 0) is 0 Å². The Balaban J connectivity index is 2.22. The van der Waals surface area contributed by atoms with Crippen molar-refractivity contribution in [3.05, 3.63) is 10.4 Å². The molecule has 3 aliphatic heterocycles. The second-order valence-electron chi connectivity index (χ2n) is 3.57. The smallest absolute Gasteiger partial charge is 0.241 e. The maximum Gasteiger partial charge on any atom is 0.241 e. The van der Waals surface area contributed by atoms with Crippen LogP contribution in [0.15, 0.2) is 0 Å². The van der Waals surface area contributed by atoms with E-state index in [9.17, 15) is 15.5 Å². The summed E-state index contributed by atoms with van der Waals surface area (Å²) in [4.78, 5) is 0. The van der Waals surface area contributed by atoms with Gasteiger partial charge in [-0.25, -0.2) is 0 Å². The summed E-state index contributed by atoms with van der Waals surface area (Å²) in [6, 6.07) is 0. The molecule has 5 nitrogen and oxygen atoms in total. The fourth-order valence-corrected chi connectivity index (χ4v) is 1.85. The third-order valence-electron chi connectivity index (χ3n) is 2.81. The molecule has 0 aromatic rings. The van der Waals surface area contributed by atoms with Crippen LogP contribution >= 0.6 is 0 Å². The molecule has 1 N–H and O–H groups in total. The average Bonchev–Trinajstić information content (AvgIpc) is 1.94. The van der Waals surface area contributed by atoms with Gasteiger partial charge in [-0.15, -0.1) is 0 Å². The fourth-order valence-electron chi connectivity index (χ4n) is 1.85. The zero-order valence-electron chi connectivity index (χ0n) is 6.27. The van der Waals surface area contributed by atoms with E-state index in [1.165, 1.54) is 0 Å². The number of hydroxylamine groups is 6. The Kier molecular flexibility index (Phi) is 1.31. The Bertz CT molecular complexity index is 177. The van der Waals surface area contributed by atoms with Gasteiger partial charge in [0.25, 0.3) is 0 Å². The lowest BCUT2D eigenvalue weighted by Crippen LogP contribution is -2.75. The van der Waals surface area contributed by atoms with Gasteiger partial charge in [0.05, 0.1) is 0 Å². The first kappa shape index (κ1) is 7.45. The third kappa shape index (κ3) is 0.969. The van der Waals surface area contributed by atoms with E-state index in [0.29, 0.717) is 13.1 Å². The van der Waals surface area contributed by atoms with Crippen LogP contribution in [0.2, 0.25) is 0 Å². The second kappa shape index (κ2) is 1.94. The van der Waals surface area contributed by atoms with E-state index in [1.807, 2.05) is 0 Å². The van der Waals surface area contributed by atoms with Crippen LogP contribution in [0, 0.1) is 10.4 Å². The highest BCUT2D eigenvalue weighted by molar-refractivity contribution is 4.64. The molecular weight excluding hydrogens is 148 g/mol. The minimum atomic E-state index is -0.977. The number of hydrogen-bond acceptors (Lipinski definition) is 3. The molecule has 0 amide bonds. The van der Waals surface area contributed by atoms with Crippen molar-refractivity contribution in [1.29, 1.82) is 0 Å². The molecule has 3 saturated heterocycles. The molecule has 3 fully saturated rings. The summed E-state index contributed by atoms with van der Waals surface area (Å²) in [5.74, 6) is 0. The molecule has 2 bridgehead atoms. The SMILES string of the molecule is [O-][N+]12CC[N+]([O-])(CC1)C(O)C2. The van der Waals surface area contributed by atoms with Gasteiger partial charge >= 0.3 is 0 Å². The van der Waals surface area contributed by atoms with E-state index in [0.717, 1.165) is 0 Å². The predicted octanol–water partition coefficient (Wildman–Crippen LogP) is -1.04. The van der Waals surface area contributed by atoms with Crippen molar-refractivity contribution >= 4 is 0 Å². The Hall–Kier alpha value is -0.200. The maximum absolute atomic E-state index is 11.5. The standard InChI is InChI=1S/C6H12N2O3/c9-6-5-7(10)1-3-8(6,11)4-2-7/h6,9H,1-5H2. The van der Waals surface area contributed by atoms with Crippen LogP contribution in [-0.2, 0) is 0 Å². The lowest BCUT2D eigenvalue weighted by Gasteiger charge is -2.61. The molecule has 0 spiro atoms. The van der Waals surface area contributed by atoms with E-state index in [2.05, 4.69) is 0 Å². The van der Waals surface area contributed by atoms with Gasteiger partial charge < -0.3 is 24.8 Å². The quantitative estimate of drug-likeness (QED) is 0.363. The molecule has 3 aliphatic rings. The number of aliphatic hydroxyl groups is 1. The molecule has 3 heterocycles. The predicted molar refractivity (Wildman–Crippen MR) is 37.6 cm³/mol. The summed E-state index contributed by atoms with van der Waals surface area (Å²) in [6.07, 6.45) is -0.977. The van der Waals surface area contributed by atoms with Crippen molar-refractivity contribution in [3.8, 4) is 0 Å². The van der Waals surface area contributed by atoms with Gasteiger partial charge in [0.15, 0.2) is 6.54 Å². The number of quaternary nitrogens is 2. The van der Waals surface area contributed by atoms with Crippen LogP contribution in [0.25, 0.3) is 0 Å². The molecule has 11 heavy (non-hydrogen) atoms. The van der Waals surface area contributed by atoms with Crippen LogP contribution in [0.5, 0.6) is 0 Å². The van der Waals surface area contributed by atoms with Crippen LogP contribution < -0.4 is 0 Å². The Morgan fingerprint density at radius 1 is 1.09 bits per heavy atom. The van der Waals surface area contributed by atoms with Crippen molar-refractivity contribution in [2.75, 3.05) is 32.7 Å². The van der Waals surface area contributed by atoms with Crippen molar-refractivity contribution in [2.24, 2.45) is 0 Å². The van der Waals surface area contributed by atoms with Gasteiger partial charge in [-0.2, -0.15) is 0 Å². The number of piperazine rings is 3. The molecule has 64 valence electrons. The van der Waals surface area contributed by atoms with E-state index < -0.39 is 10.9 Å². The van der Waals surface area contributed by atoms with Gasteiger partial charge in [-0.1, -0.05) is 0 Å². The molecule has 1 unspecified atom stereocenters. The normalized spacial score (nSPS) is 56.5. The number of hydrogen-bond donors (Lipinski definition) is 1. The first-order valence-corrected chi connectivity index (χ1v) is 3.87. The van der Waals surface area contributed by atoms with Crippen LogP contribution in [-0.4, -0.2) is 53.4 Å². The molecule has 0 aromatic carbocycles. The van der Waals surface area contributed by atoms with Gasteiger partial charge in [0, 0.05) is 0 Å². The Morgan fingerprint density at radius 3 is 2.00 bits per heavy atom. The van der Waals surface area contributed by atoms with E-state index in [4.69, 9.17) is 0 Å². The zero-order chi connectivity index (χ0) is 8.11. The number of nitrogens with zero attached hydrogens (tertiary/aromatic N) is 2. The first-order chi connectivity index (χ1) is 5.04. The van der Waals surface area contributed by atoms with Crippen LogP contribution in [0.3, 0.4) is 0 Å². The topological polar surface area (TPSA) is 66.3 Å². The minimum absolute atomic E-state index is 0.0868. The van der Waals surface area contributed by atoms with Gasteiger partial charge in [0.2, 0.25) is 6.23 Å². The van der Waals surface area contributed by atoms with Crippen LogP contribution in [0.4, 0.5) is 0 Å². The maximum atomic E-state index is 11.5. The van der Waals surface area contributed by atoms with Crippen molar-refractivity contribution in [3.63, 3.8) is 0 Å². The highest BCUT2D eigenvalue weighted by Gasteiger charge is 2.46. The Labute approximate surface area is 64.8 Å². The lowest BCUT2D eigenvalue weighted by molar-refractivity contribution is -1.07. The summed E-state index contributed by atoms with van der Waals surface area (Å²) in [5.41, 5.74) is 0. The molecule has 0 aromatic heterocycles. The summed E-state index contributed by atoms with van der Waals surface area (Å²) >= 11 is 0. The summed E-state index contributed by atoms with van der Waals surface area (Å²) in [5, 5.41) is 32.3. The fraction of sp³-hybridized carbons (Fsp3) is 1.00. The molecular formula is C6H12N2O3. The zero-order valence-corrected chi connectivity index (χ0v) is 6.27. The summed E-state index contributed by atoms with van der Waals surface area (Å²) in [7, 11) is 0. The van der Waals surface area contributed by atoms with Gasteiger partial charge in [0.1, 0.15) is 26.2 Å². The highest BCUT2D eigenvalue weighted by Crippen LogP contribution is 2.27. The highest BCUT2D eigenvalue weighted by atomic mass is 16.6. The second-order valence-corrected chi connectivity index (χ2v) is 3.57. The number of rotatable bonds is 0. The van der Waals surface area contributed by atoms with E-state index >= 15 is 0 Å². The average molecular weight is 160 g/mol. The van der Waals surface area contributed by atoms with Crippen molar-refractivity contribution in [2.45, 2.75) is 6.23 Å². The monoisotopic (exact) mass is 160 g/mol. The number of aliphatic hydroxyl groups excluding tert-OH is 1. The Morgan fingerprint density at radius 2 is 1.64 bits per heavy atom. The largest absolute Gasteiger partial charge is 0.632 e. The third-order valence-corrected chi connectivity index (χ3v) is 2.81. The van der Waals surface area contributed by atoms with E-state index in [1.54, 1.807) is 0 Å². The molecule has 5 heteroatoms. The molecule has 0 saturated carbocycles. The molecule has 0 radical (unpaired) electrons. The lowest BCUT2D eigenvalue weighted by atomic mass is 10.2. The summed E-state index contributed by atoms with van der Waals surface area (Å²) in [6.45, 7) is 1.40. The van der Waals surface area contributed by atoms with E-state index in [-0.39, 0.29) is 24.3 Å². The van der Waals surface area contributed by atoms with Crippen molar-refractivity contribution in [1.82, 2.24) is 0 Å². The number of fused-ring (bicyclic) bond motifs is 3. The van der Waals surface area contributed by atoms with Gasteiger partial charge in [-0.3, -0.25) is 0 Å². The minimum Gasteiger partial charge on any atom is -0.632 e. The molecule has 1 atom stereocenters.